The van der Waals surface area contributed by atoms with Gasteiger partial charge in [-0.2, -0.15) is 4.09 Å². The van der Waals surface area contributed by atoms with E-state index < -0.39 is 0 Å². The quantitative estimate of drug-likeness (QED) is 0.602. The van der Waals surface area contributed by atoms with Crippen molar-refractivity contribution in [3.63, 3.8) is 0 Å². The van der Waals surface area contributed by atoms with Gasteiger partial charge in [-0.05, 0) is 55.9 Å². The van der Waals surface area contributed by atoms with Crippen LogP contribution in [0.4, 0.5) is 0 Å². The van der Waals surface area contributed by atoms with Crippen molar-refractivity contribution < 1.29 is 4.74 Å². The molecule has 0 aromatic carbocycles. The molecule has 1 atom stereocenters. The third kappa shape index (κ3) is 4.60. The third-order valence-corrected chi connectivity index (χ3v) is 5.70. The summed E-state index contributed by atoms with van der Waals surface area (Å²) in [5.41, 5.74) is 0. The van der Waals surface area contributed by atoms with Gasteiger partial charge in [0.1, 0.15) is 6.10 Å². The molecule has 1 fully saturated rings. The van der Waals surface area contributed by atoms with Crippen LogP contribution >= 0.6 is 23.3 Å². The van der Waals surface area contributed by atoms with Crippen molar-refractivity contribution in [1.29, 1.82) is 0 Å². The van der Waals surface area contributed by atoms with Gasteiger partial charge in [-0.1, -0.05) is 0 Å². The number of likely N-dealkylation sites (tertiary alicyclic amines) is 1. The maximum Gasteiger partial charge on any atom is 0.295 e. The molecular formula is C15H26N6OS2. The SMILES string of the molecule is CC=NC(=NC)N1CCC([C@H](C)Oc2nn(SC)c(=NC)s2)CC1. The molecule has 2 heterocycles. The fourth-order valence-electron chi connectivity index (χ4n) is 2.77. The van der Waals surface area contributed by atoms with Crippen LogP contribution in [0.1, 0.15) is 26.7 Å². The van der Waals surface area contributed by atoms with E-state index in [0.717, 1.165) is 36.7 Å². The van der Waals surface area contributed by atoms with Crippen LogP contribution in [0.2, 0.25) is 0 Å². The average molecular weight is 371 g/mol. The highest BCUT2D eigenvalue weighted by Gasteiger charge is 2.27. The van der Waals surface area contributed by atoms with Crippen molar-refractivity contribution in [1.82, 2.24) is 14.1 Å². The predicted molar refractivity (Wildman–Crippen MR) is 102 cm³/mol. The summed E-state index contributed by atoms with van der Waals surface area (Å²) in [5.74, 6) is 1.33. The Kier molecular flexibility index (Phi) is 7.29. The number of nitrogens with zero attached hydrogens (tertiary/aromatic N) is 6. The van der Waals surface area contributed by atoms with Crippen molar-refractivity contribution in [2.45, 2.75) is 32.8 Å². The summed E-state index contributed by atoms with van der Waals surface area (Å²) in [6, 6.07) is 0. The number of guanidine groups is 1. The van der Waals surface area contributed by atoms with Crippen LogP contribution in [-0.2, 0) is 0 Å². The smallest absolute Gasteiger partial charge is 0.295 e. The van der Waals surface area contributed by atoms with Gasteiger partial charge < -0.3 is 9.64 Å². The summed E-state index contributed by atoms with van der Waals surface area (Å²) in [6.45, 7) is 5.97. The van der Waals surface area contributed by atoms with Gasteiger partial charge >= 0.3 is 0 Å². The summed E-state index contributed by atoms with van der Waals surface area (Å²) in [4.78, 5) is 15.9. The summed E-state index contributed by atoms with van der Waals surface area (Å²) in [6.07, 6.45) is 6.04. The van der Waals surface area contributed by atoms with Crippen LogP contribution in [0.25, 0.3) is 0 Å². The minimum absolute atomic E-state index is 0.134. The van der Waals surface area contributed by atoms with E-state index in [2.05, 4.69) is 31.9 Å². The second-order valence-corrected chi connectivity index (χ2v) is 7.12. The molecule has 0 spiro atoms. The highest BCUT2D eigenvalue weighted by atomic mass is 32.2. The Morgan fingerprint density at radius 3 is 2.62 bits per heavy atom. The molecule has 1 aromatic heterocycles. The molecule has 0 N–H and O–H groups in total. The Labute approximate surface area is 151 Å². The molecule has 0 radical (unpaired) electrons. The lowest BCUT2D eigenvalue weighted by atomic mass is 9.92. The fourth-order valence-corrected chi connectivity index (χ4v) is 4.24. The Morgan fingerprint density at radius 2 is 2.12 bits per heavy atom. The predicted octanol–water partition coefficient (Wildman–Crippen LogP) is 2.16. The largest absolute Gasteiger partial charge is 0.466 e. The number of aliphatic imine (C=N–C) groups is 2. The van der Waals surface area contributed by atoms with Crippen LogP contribution in [0.15, 0.2) is 15.0 Å². The topological polar surface area (TPSA) is 67.4 Å². The molecule has 0 unspecified atom stereocenters. The maximum atomic E-state index is 6.08. The monoisotopic (exact) mass is 370 g/mol. The molecular weight excluding hydrogens is 344 g/mol. The molecule has 0 aliphatic carbocycles. The number of ether oxygens (including phenoxy) is 1. The minimum atomic E-state index is 0.134. The van der Waals surface area contributed by atoms with Gasteiger partial charge in [0, 0.05) is 39.7 Å². The summed E-state index contributed by atoms with van der Waals surface area (Å²) < 4.78 is 7.88. The lowest BCUT2D eigenvalue weighted by Crippen LogP contribution is -2.41. The molecule has 7 nitrogen and oxygen atoms in total. The first-order chi connectivity index (χ1) is 11.6. The Balaban J connectivity index is 1.93. The van der Waals surface area contributed by atoms with E-state index in [0.29, 0.717) is 11.1 Å². The van der Waals surface area contributed by atoms with Crippen molar-refractivity contribution in [2.75, 3.05) is 33.4 Å². The summed E-state index contributed by atoms with van der Waals surface area (Å²) in [5, 5.41) is 5.13. The molecule has 1 aliphatic heterocycles. The van der Waals surface area contributed by atoms with Crippen LogP contribution in [-0.4, -0.2) is 65.8 Å². The maximum absolute atomic E-state index is 6.08. The minimum Gasteiger partial charge on any atom is -0.466 e. The van der Waals surface area contributed by atoms with E-state index in [-0.39, 0.29) is 6.10 Å². The Morgan fingerprint density at radius 1 is 1.42 bits per heavy atom. The molecule has 2 rings (SSSR count). The van der Waals surface area contributed by atoms with E-state index in [1.165, 1.54) is 23.3 Å². The van der Waals surface area contributed by atoms with Gasteiger partial charge in [0.05, 0.1) is 0 Å². The zero-order valence-electron chi connectivity index (χ0n) is 15.0. The molecule has 1 saturated heterocycles. The molecule has 134 valence electrons. The fraction of sp³-hybridized carbons (Fsp3) is 0.733. The van der Waals surface area contributed by atoms with Gasteiger partial charge in [-0.3, -0.25) is 9.98 Å². The van der Waals surface area contributed by atoms with Crippen LogP contribution in [0.3, 0.4) is 0 Å². The van der Waals surface area contributed by atoms with Gasteiger partial charge in [0.15, 0.2) is 0 Å². The first kappa shape index (κ1) is 19.0. The molecule has 1 aliphatic rings. The van der Waals surface area contributed by atoms with E-state index in [9.17, 15) is 0 Å². The molecule has 0 amide bonds. The normalized spacial score (nSPS) is 19.3. The van der Waals surface area contributed by atoms with Crippen molar-refractivity contribution >= 4 is 35.5 Å². The molecule has 1 aromatic rings. The summed E-state index contributed by atoms with van der Waals surface area (Å²) >= 11 is 3.01. The van der Waals surface area contributed by atoms with E-state index in [1.807, 2.05) is 13.2 Å². The second kappa shape index (κ2) is 9.22. The lowest BCUT2D eigenvalue weighted by Gasteiger charge is -2.34. The van der Waals surface area contributed by atoms with Gasteiger partial charge in [-0.15, -0.1) is 5.10 Å². The average Bonchev–Trinajstić information content (AvgIpc) is 3.01. The Bertz CT molecular complexity index is 643. The number of hydrogen-bond donors (Lipinski definition) is 0. The van der Waals surface area contributed by atoms with Crippen molar-refractivity contribution in [3.8, 4) is 5.19 Å². The van der Waals surface area contributed by atoms with Gasteiger partial charge in [0.2, 0.25) is 10.8 Å². The van der Waals surface area contributed by atoms with Crippen LogP contribution < -0.4 is 9.54 Å². The molecule has 0 saturated carbocycles. The number of hydrogen-bond acceptors (Lipinski definition) is 6. The van der Waals surface area contributed by atoms with E-state index in [1.54, 1.807) is 24.4 Å². The zero-order valence-corrected chi connectivity index (χ0v) is 16.6. The first-order valence-corrected chi connectivity index (χ1v) is 10.1. The third-order valence-electron chi connectivity index (χ3n) is 4.10. The van der Waals surface area contributed by atoms with Crippen molar-refractivity contribution in [3.05, 3.63) is 4.80 Å². The van der Waals surface area contributed by atoms with Gasteiger partial charge in [0.25, 0.3) is 5.19 Å². The molecule has 0 bridgehead atoms. The second-order valence-electron chi connectivity index (χ2n) is 5.49. The number of piperidine rings is 1. The van der Waals surface area contributed by atoms with E-state index in [4.69, 9.17) is 4.74 Å². The highest BCUT2D eigenvalue weighted by Crippen LogP contribution is 2.25. The molecule has 24 heavy (non-hydrogen) atoms. The van der Waals surface area contributed by atoms with E-state index >= 15 is 0 Å². The van der Waals surface area contributed by atoms with Crippen LogP contribution in [0, 0.1) is 5.92 Å². The highest BCUT2D eigenvalue weighted by molar-refractivity contribution is 7.97. The van der Waals surface area contributed by atoms with Crippen molar-refractivity contribution in [2.24, 2.45) is 20.9 Å². The van der Waals surface area contributed by atoms with Crippen LogP contribution in [0.5, 0.6) is 5.19 Å². The number of aromatic nitrogens is 2. The Hall–Kier alpha value is -1.35. The molecule has 9 heteroatoms. The number of rotatable bonds is 4. The first-order valence-electron chi connectivity index (χ1n) is 8.07. The van der Waals surface area contributed by atoms with Gasteiger partial charge in [-0.25, -0.2) is 4.99 Å². The standard InChI is InChI=1S/C15H26N6OS2/c1-6-18-13(16-3)20-9-7-12(8-10-20)11(2)22-15-19-21(23-5)14(17-4)24-15/h6,11-12H,7-10H2,1-5H3/t11-/m0/s1. The lowest BCUT2D eigenvalue weighted by molar-refractivity contribution is 0.107. The zero-order chi connectivity index (χ0) is 17.5. The summed E-state index contributed by atoms with van der Waals surface area (Å²) in [7, 11) is 3.56.